The smallest absolute Gasteiger partial charge is 0.326 e. The van der Waals surface area contributed by atoms with Gasteiger partial charge in [-0.1, -0.05) is 88.3 Å². The van der Waals surface area contributed by atoms with E-state index in [-0.39, 0.29) is 44.4 Å². The summed E-state index contributed by atoms with van der Waals surface area (Å²) in [7, 11) is 1.79. The van der Waals surface area contributed by atoms with E-state index in [1.165, 1.54) is 11.8 Å². The number of carbonyl (C=O) groups is 15. The van der Waals surface area contributed by atoms with Crippen LogP contribution in [0, 0.1) is 0 Å². The zero-order chi connectivity index (χ0) is 74.0. The standard InChI is InChI=1S/C66H86N18O16S2/c1-35(68)57(90)82-50-34-102-101-33-49(59(92)74-30-54(87)73-31-55(88)76-44(66(99)100)18-9-10-22-67)83-61(94)46(26-38-29-72-42-17-8-6-15-40(38)42)79-60(93)43(20-21-52(69)85)78-62(95)47(27-53(70)86)77-56(89)32-75-58(91)45(25-37-28-71-41-16-7-5-14-39(37)41)80-64(97)51-19-11-23-84(51)65(98)48(81-63(50)96)24-36-12-3-2-4-13-36/h2-8,12-17,28-29,35,43-51,71-72H,9-11,18-27,30-34,67-68H2,1H3,(H2,69,85)(H2,70,86)(H,73,87)(H,74,92)(H,75,91)(H,76,88)(H,77,89)(H,78,95)(H,79,93)(H,80,97)(H,81,96)(H,82,90)(H,83,94)(H,99,100)/t35-,43-,44-,45-,46-,47-,48-,49-,50-,51-/m0/s1. The summed E-state index contributed by atoms with van der Waals surface area (Å²) in [6, 6.07) is 7.61. The Morgan fingerprint density at radius 1 is 0.627 bits per heavy atom. The topological polar surface area (TPSA) is 548 Å². The van der Waals surface area contributed by atoms with Crippen molar-refractivity contribution in [2.24, 2.45) is 22.9 Å². The highest BCUT2D eigenvalue weighted by atomic mass is 33.1. The SMILES string of the molecule is C[C@H](N)C(=O)N[C@H]1CSSC[C@@H](C(=O)NCC(=O)NCC(=O)N[C@@H](CCCCN)C(=O)O)NC(=O)[C@H](Cc2c[nH]c3ccccc23)NC(=O)[C@H](CCC(N)=O)NC(=O)[C@H](CC(N)=O)NC(=O)CNC(=O)[C@H](Cc2c[nH]c3ccccc23)NC(=O)[C@@H]2CCCN2C(=O)[C@H](Cc2ccccc2)NC1=O. The summed E-state index contributed by atoms with van der Waals surface area (Å²) < 4.78 is 0. The molecule has 2 aliphatic rings. The van der Waals surface area contributed by atoms with Crippen LogP contribution in [0.4, 0.5) is 0 Å². The Balaban J connectivity index is 1.25. The van der Waals surface area contributed by atoms with Gasteiger partial charge >= 0.3 is 5.97 Å². The highest BCUT2D eigenvalue weighted by Crippen LogP contribution is 2.26. The minimum Gasteiger partial charge on any atom is -0.480 e. The molecule has 0 saturated carbocycles. The fraction of sp³-hybridized carbons (Fsp3) is 0.439. The minimum absolute atomic E-state index is 0.0210. The molecule has 34 nitrogen and oxygen atoms in total. The molecule has 2 fully saturated rings. The molecule has 14 amide bonds. The van der Waals surface area contributed by atoms with E-state index >= 15 is 9.59 Å². The fourth-order valence-corrected chi connectivity index (χ4v) is 13.6. The zero-order valence-corrected chi connectivity index (χ0v) is 57.4. The first-order valence-corrected chi connectivity index (χ1v) is 35.4. The second-order valence-corrected chi connectivity index (χ2v) is 27.0. The maximum atomic E-state index is 15.1. The second-order valence-electron chi connectivity index (χ2n) is 24.5. The molecule has 548 valence electrons. The quantitative estimate of drug-likeness (QED) is 0.0207. The van der Waals surface area contributed by atoms with Crippen molar-refractivity contribution in [3.63, 3.8) is 0 Å². The molecule has 102 heavy (non-hydrogen) atoms. The van der Waals surface area contributed by atoms with Crippen molar-refractivity contribution in [2.75, 3.05) is 44.2 Å². The highest BCUT2D eigenvalue weighted by Gasteiger charge is 2.41. The van der Waals surface area contributed by atoms with Gasteiger partial charge in [0.25, 0.3) is 0 Å². The van der Waals surface area contributed by atoms with Gasteiger partial charge in [-0.05, 0) is 80.8 Å². The molecular weight excluding hydrogens is 1360 g/mol. The summed E-state index contributed by atoms with van der Waals surface area (Å²) in [6.07, 6.45) is 1.92. The number of para-hydroxylation sites is 2. The average Bonchev–Trinajstić information content (AvgIpc) is 1.61. The number of nitrogens with one attached hydrogen (secondary N) is 13. The summed E-state index contributed by atoms with van der Waals surface area (Å²) in [6.45, 7) is -0.734. The van der Waals surface area contributed by atoms with Gasteiger partial charge in [0.2, 0.25) is 82.7 Å². The van der Waals surface area contributed by atoms with Crippen LogP contribution < -0.4 is 81.4 Å². The Kier molecular flexibility index (Phi) is 30.0. The molecular formula is C66H86N18O16S2. The van der Waals surface area contributed by atoms with E-state index in [2.05, 4.69) is 68.5 Å². The summed E-state index contributed by atoms with van der Waals surface area (Å²) in [5.41, 5.74) is 25.5. The lowest BCUT2D eigenvalue weighted by Crippen LogP contribution is -2.60. The Bertz CT molecular complexity index is 3870. The summed E-state index contributed by atoms with van der Waals surface area (Å²) in [5.74, 6) is -15.4. The number of amides is 14. The number of carbonyl (C=O) groups excluding carboxylic acids is 14. The van der Waals surface area contributed by atoms with Crippen molar-refractivity contribution in [2.45, 2.75) is 138 Å². The molecule has 0 aliphatic carbocycles. The van der Waals surface area contributed by atoms with Crippen molar-refractivity contribution in [3.05, 3.63) is 108 Å². The van der Waals surface area contributed by atoms with E-state index in [9.17, 15) is 67.4 Å². The number of carboxylic acid groups (broad SMARTS) is 1. The number of benzene rings is 3. The molecule has 2 aromatic heterocycles. The number of unbranched alkanes of at least 4 members (excludes halogenated alkanes) is 1. The molecule has 2 saturated heterocycles. The van der Waals surface area contributed by atoms with E-state index in [0.29, 0.717) is 64.3 Å². The minimum atomic E-state index is -1.86. The van der Waals surface area contributed by atoms with Gasteiger partial charge in [-0.2, -0.15) is 0 Å². The van der Waals surface area contributed by atoms with Crippen LogP contribution in [-0.2, 0) is 91.2 Å². The van der Waals surface area contributed by atoms with Crippen molar-refractivity contribution >= 4 is 132 Å². The van der Waals surface area contributed by atoms with Crippen LogP contribution in [0.25, 0.3) is 21.8 Å². The number of rotatable bonds is 24. The third-order valence-corrected chi connectivity index (χ3v) is 19.1. The number of nitrogens with zero attached hydrogens (tertiary/aromatic N) is 1. The molecule has 4 heterocycles. The lowest BCUT2D eigenvalue weighted by atomic mass is 10.0. The molecule has 0 radical (unpaired) electrons. The van der Waals surface area contributed by atoms with Gasteiger partial charge in [-0.25, -0.2) is 4.79 Å². The van der Waals surface area contributed by atoms with E-state index in [1.54, 1.807) is 91.3 Å². The number of hydrogen-bond acceptors (Lipinski definition) is 19. The van der Waals surface area contributed by atoms with Crippen molar-refractivity contribution in [3.8, 4) is 0 Å². The van der Waals surface area contributed by atoms with Crippen LogP contribution in [-0.4, -0.2) is 213 Å². The molecule has 7 rings (SSSR count). The first-order valence-electron chi connectivity index (χ1n) is 33.0. The number of aromatic nitrogens is 2. The number of nitrogens with two attached hydrogens (primary N) is 4. The third kappa shape index (κ3) is 23.8. The fourth-order valence-electron chi connectivity index (χ4n) is 11.3. The van der Waals surface area contributed by atoms with Gasteiger partial charge in [-0.3, -0.25) is 67.1 Å². The van der Waals surface area contributed by atoms with Gasteiger partial charge in [0.15, 0.2) is 0 Å². The van der Waals surface area contributed by atoms with Gasteiger partial charge in [0.05, 0.1) is 32.1 Å². The maximum Gasteiger partial charge on any atom is 0.326 e. The third-order valence-electron chi connectivity index (χ3n) is 16.7. The molecule has 0 bridgehead atoms. The number of aromatic amines is 2. The van der Waals surface area contributed by atoms with E-state index in [1.807, 2.05) is 0 Å². The van der Waals surface area contributed by atoms with Crippen LogP contribution in [0.1, 0.15) is 75.0 Å². The van der Waals surface area contributed by atoms with Crippen LogP contribution in [0.15, 0.2) is 91.3 Å². The van der Waals surface area contributed by atoms with Gasteiger partial charge in [0.1, 0.15) is 54.4 Å². The number of fused-ring (bicyclic) bond motifs is 3. The first kappa shape index (κ1) is 78.7. The van der Waals surface area contributed by atoms with E-state index in [0.717, 1.165) is 21.6 Å². The zero-order valence-electron chi connectivity index (χ0n) is 55.8. The van der Waals surface area contributed by atoms with E-state index in [4.69, 9.17) is 22.9 Å². The van der Waals surface area contributed by atoms with Crippen LogP contribution in [0.5, 0.6) is 0 Å². The van der Waals surface area contributed by atoms with Crippen LogP contribution >= 0.6 is 21.6 Å². The van der Waals surface area contributed by atoms with Crippen LogP contribution in [0.3, 0.4) is 0 Å². The molecule has 10 atom stereocenters. The molecule has 0 unspecified atom stereocenters. The average molecular weight is 1450 g/mol. The largest absolute Gasteiger partial charge is 0.480 e. The molecule has 5 aromatic rings. The van der Waals surface area contributed by atoms with Crippen molar-refractivity contribution in [1.82, 2.24) is 73.4 Å². The summed E-state index contributed by atoms with van der Waals surface area (Å²) >= 11 is 0. The summed E-state index contributed by atoms with van der Waals surface area (Å²) in [4.78, 5) is 215. The molecule has 2 aliphatic heterocycles. The normalized spacial score (nSPS) is 21.7. The Hall–Kier alpha value is -10.6. The number of H-pyrrole nitrogens is 2. The van der Waals surface area contributed by atoms with Crippen LogP contribution in [0.2, 0.25) is 0 Å². The Morgan fingerprint density at radius 3 is 1.83 bits per heavy atom. The van der Waals surface area contributed by atoms with Crippen molar-refractivity contribution in [1.29, 1.82) is 0 Å². The molecule has 0 spiro atoms. The number of primary amides is 2. The molecule has 3 aromatic carbocycles. The first-order chi connectivity index (χ1) is 48.8. The monoisotopic (exact) mass is 1450 g/mol. The lowest BCUT2D eigenvalue weighted by Gasteiger charge is -2.31. The van der Waals surface area contributed by atoms with Gasteiger partial charge in [0, 0.05) is 77.9 Å². The molecule has 22 N–H and O–H groups in total. The second kappa shape index (κ2) is 38.8. The number of aliphatic carboxylic acids is 1. The molecule has 36 heteroatoms. The Labute approximate surface area is 592 Å². The Morgan fingerprint density at radius 2 is 1.21 bits per heavy atom. The van der Waals surface area contributed by atoms with Crippen molar-refractivity contribution < 1.29 is 77.0 Å². The predicted octanol–water partition coefficient (Wildman–Crippen LogP) is -4.01. The van der Waals surface area contributed by atoms with Gasteiger partial charge in [-0.15, -0.1) is 0 Å². The maximum absolute atomic E-state index is 15.1. The number of hydrogen-bond donors (Lipinski definition) is 18. The highest BCUT2D eigenvalue weighted by molar-refractivity contribution is 8.76. The van der Waals surface area contributed by atoms with E-state index < -0.39 is 194 Å². The number of carboxylic acids is 1. The summed E-state index contributed by atoms with van der Waals surface area (Å²) in [5, 5.41) is 38.5. The lowest BCUT2D eigenvalue weighted by molar-refractivity contribution is -0.142. The predicted molar refractivity (Wildman–Crippen MR) is 375 cm³/mol. The van der Waals surface area contributed by atoms with Gasteiger partial charge < -0.3 is 101 Å².